The maximum atomic E-state index is 12.4. The number of H-pyrrole nitrogens is 1. The molecule has 0 atom stereocenters. The van der Waals surface area contributed by atoms with Crippen LogP contribution in [0.4, 0.5) is 5.69 Å². The summed E-state index contributed by atoms with van der Waals surface area (Å²) in [6, 6.07) is 9.76. The molecule has 3 aromatic rings. The number of aromatic amines is 1. The molecule has 3 heterocycles. The molecule has 0 aliphatic carbocycles. The molecule has 2 aromatic heterocycles. The molecule has 25 heavy (non-hydrogen) atoms. The van der Waals surface area contributed by atoms with E-state index in [4.69, 9.17) is 0 Å². The van der Waals surface area contributed by atoms with E-state index >= 15 is 0 Å². The van der Waals surface area contributed by atoms with Gasteiger partial charge >= 0.3 is 0 Å². The van der Waals surface area contributed by atoms with E-state index in [0.717, 1.165) is 37.2 Å². The number of nitrogens with one attached hydrogen (secondary N) is 3. The summed E-state index contributed by atoms with van der Waals surface area (Å²) in [6.45, 7) is 1.93. The number of nitrogens with zero attached hydrogens (tertiary/aromatic N) is 4. The lowest BCUT2D eigenvalue weighted by molar-refractivity contribution is 0.102. The first kappa shape index (κ1) is 15.5. The van der Waals surface area contributed by atoms with Crippen LogP contribution in [0.1, 0.15) is 29.4 Å². The Labute approximate surface area is 144 Å². The average molecular weight is 337 g/mol. The zero-order valence-corrected chi connectivity index (χ0v) is 13.6. The van der Waals surface area contributed by atoms with Crippen LogP contribution in [0.5, 0.6) is 0 Å². The number of carbonyl (C=O) groups is 1. The van der Waals surface area contributed by atoms with Gasteiger partial charge in [0.15, 0.2) is 5.69 Å². The van der Waals surface area contributed by atoms with Crippen molar-refractivity contribution in [1.29, 1.82) is 0 Å². The quantitative estimate of drug-likeness (QED) is 0.674. The number of piperidine rings is 1. The largest absolute Gasteiger partial charge is 0.321 e. The Morgan fingerprint density at radius 1 is 1.16 bits per heavy atom. The third-order valence-electron chi connectivity index (χ3n) is 4.38. The van der Waals surface area contributed by atoms with Gasteiger partial charge in [-0.25, -0.2) is 4.68 Å². The molecular weight excluding hydrogens is 318 g/mol. The first-order chi connectivity index (χ1) is 12.3. The summed E-state index contributed by atoms with van der Waals surface area (Å²) in [5, 5.41) is 21.1. The van der Waals surface area contributed by atoms with Crippen LogP contribution in [-0.2, 0) is 0 Å². The molecule has 0 unspecified atom stereocenters. The van der Waals surface area contributed by atoms with E-state index in [2.05, 4.69) is 31.1 Å². The molecule has 1 aliphatic heterocycles. The van der Waals surface area contributed by atoms with Gasteiger partial charge in [0.05, 0.1) is 17.9 Å². The van der Waals surface area contributed by atoms with Crippen LogP contribution in [-0.4, -0.2) is 44.2 Å². The molecule has 1 amide bonds. The molecule has 3 N–H and O–H groups in total. The van der Waals surface area contributed by atoms with Crippen LogP contribution in [0.2, 0.25) is 0 Å². The number of hydrogen-bond donors (Lipinski definition) is 3. The average Bonchev–Trinajstić information content (AvgIpc) is 3.35. The van der Waals surface area contributed by atoms with Crippen molar-refractivity contribution >= 4 is 11.6 Å². The van der Waals surface area contributed by atoms with Crippen molar-refractivity contribution in [2.24, 2.45) is 0 Å². The lowest BCUT2D eigenvalue weighted by Gasteiger charge is -2.22. The van der Waals surface area contributed by atoms with Crippen molar-refractivity contribution in [2.45, 2.75) is 18.9 Å². The van der Waals surface area contributed by atoms with E-state index in [0.29, 0.717) is 17.4 Å². The van der Waals surface area contributed by atoms with Crippen molar-refractivity contribution in [3.05, 3.63) is 48.4 Å². The molecule has 0 spiro atoms. The van der Waals surface area contributed by atoms with Gasteiger partial charge in [-0.3, -0.25) is 9.89 Å². The number of rotatable bonds is 4. The maximum absolute atomic E-state index is 12.4. The molecule has 1 aromatic carbocycles. The Balaban J connectivity index is 1.42. The van der Waals surface area contributed by atoms with Crippen LogP contribution >= 0.6 is 0 Å². The van der Waals surface area contributed by atoms with Gasteiger partial charge in [0.25, 0.3) is 5.91 Å². The highest BCUT2D eigenvalue weighted by atomic mass is 16.2. The molecule has 1 fully saturated rings. The molecule has 128 valence electrons. The molecule has 0 bridgehead atoms. The first-order valence-electron chi connectivity index (χ1n) is 8.33. The predicted molar refractivity (Wildman–Crippen MR) is 93.1 cm³/mol. The molecule has 0 saturated carbocycles. The van der Waals surface area contributed by atoms with Gasteiger partial charge in [-0.1, -0.05) is 17.3 Å². The van der Waals surface area contributed by atoms with E-state index in [9.17, 15) is 4.79 Å². The summed E-state index contributed by atoms with van der Waals surface area (Å²) < 4.78 is 1.80. The predicted octanol–water partition coefficient (Wildman–Crippen LogP) is 1.84. The van der Waals surface area contributed by atoms with Crippen molar-refractivity contribution < 1.29 is 4.79 Å². The fourth-order valence-corrected chi connectivity index (χ4v) is 2.98. The van der Waals surface area contributed by atoms with Crippen LogP contribution in [0.25, 0.3) is 11.3 Å². The van der Waals surface area contributed by atoms with Crippen molar-refractivity contribution in [3.63, 3.8) is 0 Å². The number of benzene rings is 1. The Morgan fingerprint density at radius 2 is 1.96 bits per heavy atom. The van der Waals surface area contributed by atoms with Crippen molar-refractivity contribution in [1.82, 2.24) is 30.5 Å². The van der Waals surface area contributed by atoms with Gasteiger partial charge in [-0.2, -0.15) is 5.10 Å². The van der Waals surface area contributed by atoms with E-state index in [-0.39, 0.29) is 5.91 Å². The van der Waals surface area contributed by atoms with Crippen LogP contribution in [0, 0.1) is 0 Å². The Morgan fingerprint density at radius 3 is 2.68 bits per heavy atom. The minimum atomic E-state index is -0.255. The van der Waals surface area contributed by atoms with Crippen LogP contribution in [0.15, 0.2) is 42.7 Å². The van der Waals surface area contributed by atoms with Gasteiger partial charge in [-0.15, -0.1) is 5.10 Å². The summed E-state index contributed by atoms with van der Waals surface area (Å²) in [5.41, 5.74) is 2.98. The van der Waals surface area contributed by atoms with E-state index in [1.807, 2.05) is 30.3 Å². The summed E-state index contributed by atoms with van der Waals surface area (Å²) >= 11 is 0. The van der Waals surface area contributed by atoms with Gasteiger partial charge in [0, 0.05) is 11.9 Å². The molecule has 0 radical (unpaired) electrons. The minimum Gasteiger partial charge on any atom is -0.321 e. The monoisotopic (exact) mass is 337 g/mol. The Bertz CT molecular complexity index is 832. The van der Waals surface area contributed by atoms with E-state index in [1.165, 1.54) is 0 Å². The highest BCUT2D eigenvalue weighted by Crippen LogP contribution is 2.20. The second-order valence-corrected chi connectivity index (χ2v) is 6.07. The van der Waals surface area contributed by atoms with Crippen molar-refractivity contribution in [3.8, 4) is 11.3 Å². The zero-order valence-electron chi connectivity index (χ0n) is 13.6. The number of carbonyl (C=O) groups excluding carboxylic acids is 1. The molecular formula is C17H19N7O. The maximum Gasteiger partial charge on any atom is 0.277 e. The molecule has 1 aliphatic rings. The number of anilines is 1. The second-order valence-electron chi connectivity index (χ2n) is 6.07. The SMILES string of the molecule is O=C(Nc1ccc(-c2ccn[nH]2)cc1)c1cn(C2CCNCC2)nn1. The standard InChI is InChI=1S/C17H19N7O/c25-17(16-11-24(23-22-16)14-5-8-18-9-6-14)20-13-3-1-12(2-4-13)15-7-10-19-21-15/h1-4,7,10-11,14,18H,5-6,8-9H2,(H,19,21)(H,20,25). The number of amides is 1. The van der Waals surface area contributed by atoms with Gasteiger partial charge in [0.2, 0.25) is 0 Å². The smallest absolute Gasteiger partial charge is 0.277 e. The number of hydrogen-bond acceptors (Lipinski definition) is 5. The molecule has 1 saturated heterocycles. The van der Waals surface area contributed by atoms with Crippen LogP contribution in [0.3, 0.4) is 0 Å². The highest BCUT2D eigenvalue weighted by Gasteiger charge is 2.18. The summed E-state index contributed by atoms with van der Waals surface area (Å²) in [5.74, 6) is -0.255. The fraction of sp³-hybridized carbons (Fsp3) is 0.294. The van der Waals surface area contributed by atoms with Gasteiger partial charge in [0.1, 0.15) is 0 Å². The normalized spacial score (nSPS) is 15.2. The van der Waals surface area contributed by atoms with Crippen LogP contribution < -0.4 is 10.6 Å². The third kappa shape index (κ3) is 3.43. The summed E-state index contributed by atoms with van der Waals surface area (Å²) in [4.78, 5) is 12.4. The Hall–Kier alpha value is -3.00. The van der Waals surface area contributed by atoms with Gasteiger partial charge in [-0.05, 0) is 49.7 Å². The lowest BCUT2D eigenvalue weighted by Crippen LogP contribution is -2.29. The fourth-order valence-electron chi connectivity index (χ4n) is 2.98. The zero-order chi connectivity index (χ0) is 17.1. The number of aromatic nitrogens is 5. The van der Waals surface area contributed by atoms with Crippen molar-refractivity contribution in [2.75, 3.05) is 18.4 Å². The van der Waals surface area contributed by atoms with E-state index in [1.54, 1.807) is 17.1 Å². The Kier molecular flexibility index (Phi) is 4.26. The molecule has 4 rings (SSSR count). The molecule has 8 heteroatoms. The molecule has 8 nitrogen and oxygen atoms in total. The first-order valence-corrected chi connectivity index (χ1v) is 8.33. The summed E-state index contributed by atoms with van der Waals surface area (Å²) in [6.07, 6.45) is 5.43. The second kappa shape index (κ2) is 6.86. The lowest BCUT2D eigenvalue weighted by atomic mass is 10.1. The summed E-state index contributed by atoms with van der Waals surface area (Å²) in [7, 11) is 0. The topological polar surface area (TPSA) is 101 Å². The van der Waals surface area contributed by atoms with E-state index < -0.39 is 0 Å². The minimum absolute atomic E-state index is 0.255. The highest BCUT2D eigenvalue weighted by molar-refractivity contribution is 6.02. The third-order valence-corrected chi connectivity index (χ3v) is 4.38. The van der Waals surface area contributed by atoms with Gasteiger partial charge < -0.3 is 10.6 Å².